The van der Waals surface area contributed by atoms with Gasteiger partial charge >= 0.3 is 0 Å². The van der Waals surface area contributed by atoms with Crippen LogP contribution in [0, 0.1) is 17.8 Å². The molecule has 1 aromatic heterocycles. The van der Waals surface area contributed by atoms with Crippen LogP contribution in [-0.4, -0.2) is 9.55 Å². The van der Waals surface area contributed by atoms with E-state index in [1.807, 2.05) is 12.5 Å². The lowest BCUT2D eigenvalue weighted by atomic mass is 9.80. The van der Waals surface area contributed by atoms with Gasteiger partial charge in [0.05, 0.1) is 12.0 Å². The van der Waals surface area contributed by atoms with Crippen LogP contribution in [0.15, 0.2) is 12.5 Å². The fraction of sp³-hybridized carbons (Fsp3) is 0.812. The summed E-state index contributed by atoms with van der Waals surface area (Å²) in [5.41, 5.74) is 7.58. The molecule has 1 aromatic rings. The van der Waals surface area contributed by atoms with Gasteiger partial charge in [0.1, 0.15) is 0 Å². The maximum Gasteiger partial charge on any atom is 0.0951 e. The summed E-state index contributed by atoms with van der Waals surface area (Å²) in [5, 5.41) is 0. The summed E-state index contributed by atoms with van der Waals surface area (Å²) in [6, 6.07) is 0.713. The fourth-order valence-corrected chi connectivity index (χ4v) is 3.67. The number of aromatic nitrogens is 2. The highest BCUT2D eigenvalue weighted by Gasteiger charge is 2.27. The highest BCUT2D eigenvalue weighted by molar-refractivity contribution is 5.07. The Balaban J connectivity index is 2.14. The number of imidazole rings is 1. The van der Waals surface area contributed by atoms with E-state index in [0.717, 1.165) is 18.3 Å². The molecule has 2 rings (SSSR count). The predicted molar refractivity (Wildman–Crippen MR) is 79.8 cm³/mol. The lowest BCUT2D eigenvalue weighted by molar-refractivity contribution is 0.216. The molecule has 3 nitrogen and oxygen atoms in total. The molecule has 0 bridgehead atoms. The minimum Gasteiger partial charge on any atom is -0.330 e. The molecule has 0 saturated heterocycles. The maximum absolute atomic E-state index is 6.36. The zero-order chi connectivity index (χ0) is 14.0. The van der Waals surface area contributed by atoms with Crippen LogP contribution in [0.1, 0.15) is 71.2 Å². The van der Waals surface area contributed by atoms with E-state index in [0.29, 0.717) is 12.0 Å². The average molecular weight is 263 g/mol. The zero-order valence-electron chi connectivity index (χ0n) is 12.8. The molecule has 0 spiro atoms. The first-order valence-electron chi connectivity index (χ1n) is 7.74. The van der Waals surface area contributed by atoms with E-state index in [1.165, 1.54) is 25.0 Å². The van der Waals surface area contributed by atoms with Crippen LogP contribution in [0.3, 0.4) is 0 Å². The second-order valence-electron chi connectivity index (χ2n) is 7.03. The Bertz CT molecular complexity index is 386. The van der Waals surface area contributed by atoms with Crippen LogP contribution in [0.5, 0.6) is 0 Å². The van der Waals surface area contributed by atoms with Gasteiger partial charge in [-0.05, 0) is 43.4 Å². The van der Waals surface area contributed by atoms with Crippen molar-refractivity contribution in [2.75, 3.05) is 0 Å². The van der Waals surface area contributed by atoms with Gasteiger partial charge in [-0.25, -0.2) is 4.98 Å². The van der Waals surface area contributed by atoms with Crippen molar-refractivity contribution < 1.29 is 0 Å². The van der Waals surface area contributed by atoms with Crippen LogP contribution in [-0.2, 0) is 0 Å². The maximum atomic E-state index is 6.36. The normalized spacial score (nSPS) is 29.7. The molecule has 1 fully saturated rings. The Morgan fingerprint density at radius 2 is 1.89 bits per heavy atom. The van der Waals surface area contributed by atoms with Crippen molar-refractivity contribution in [1.82, 2.24) is 9.55 Å². The lowest BCUT2D eigenvalue weighted by Crippen LogP contribution is -2.26. The molecule has 0 amide bonds. The van der Waals surface area contributed by atoms with E-state index in [2.05, 4.69) is 37.2 Å². The molecule has 108 valence electrons. The largest absolute Gasteiger partial charge is 0.330 e. The smallest absolute Gasteiger partial charge is 0.0951 e. The van der Waals surface area contributed by atoms with Crippen molar-refractivity contribution in [2.45, 2.75) is 65.5 Å². The van der Waals surface area contributed by atoms with Crippen LogP contribution >= 0.6 is 0 Å². The average Bonchev–Trinajstić information content (AvgIpc) is 2.75. The van der Waals surface area contributed by atoms with Crippen LogP contribution in [0.2, 0.25) is 0 Å². The first-order valence-corrected chi connectivity index (χ1v) is 7.74. The fourth-order valence-electron chi connectivity index (χ4n) is 3.67. The molecule has 3 heteroatoms. The molecule has 3 atom stereocenters. The van der Waals surface area contributed by atoms with Crippen molar-refractivity contribution in [1.29, 1.82) is 0 Å². The molecule has 1 aliphatic rings. The van der Waals surface area contributed by atoms with Gasteiger partial charge in [-0.15, -0.1) is 0 Å². The lowest BCUT2D eigenvalue weighted by Gasteiger charge is -2.34. The molecule has 1 aliphatic carbocycles. The molecule has 1 heterocycles. The van der Waals surface area contributed by atoms with Crippen molar-refractivity contribution in [2.24, 2.45) is 23.5 Å². The highest BCUT2D eigenvalue weighted by Crippen LogP contribution is 2.37. The highest BCUT2D eigenvalue weighted by atomic mass is 15.1. The van der Waals surface area contributed by atoms with Gasteiger partial charge in [-0.1, -0.05) is 27.7 Å². The number of hydrogen-bond donors (Lipinski definition) is 1. The van der Waals surface area contributed by atoms with E-state index in [9.17, 15) is 0 Å². The monoisotopic (exact) mass is 263 g/mol. The van der Waals surface area contributed by atoms with Crippen LogP contribution in [0.25, 0.3) is 0 Å². The van der Waals surface area contributed by atoms with E-state index >= 15 is 0 Å². The summed E-state index contributed by atoms with van der Waals surface area (Å²) in [4.78, 5) is 4.36. The molecule has 1 saturated carbocycles. The molecule has 0 radical (unpaired) electrons. The topological polar surface area (TPSA) is 43.8 Å². The first kappa shape index (κ1) is 14.6. The Labute approximate surface area is 117 Å². The van der Waals surface area contributed by atoms with Crippen molar-refractivity contribution in [3.63, 3.8) is 0 Å². The van der Waals surface area contributed by atoms with Gasteiger partial charge in [0.2, 0.25) is 0 Å². The third-order valence-electron chi connectivity index (χ3n) is 4.35. The molecule has 3 unspecified atom stereocenters. The number of rotatable bonds is 4. The van der Waals surface area contributed by atoms with E-state index < -0.39 is 0 Å². The van der Waals surface area contributed by atoms with E-state index in [1.54, 1.807) is 0 Å². The van der Waals surface area contributed by atoms with Crippen LogP contribution in [0.4, 0.5) is 0 Å². The number of nitrogens with two attached hydrogens (primary N) is 1. The summed E-state index contributed by atoms with van der Waals surface area (Å²) in [5.74, 6) is 2.25. The molecular weight excluding hydrogens is 234 g/mol. The van der Waals surface area contributed by atoms with Gasteiger partial charge in [0.25, 0.3) is 0 Å². The van der Waals surface area contributed by atoms with Gasteiger partial charge in [-0.3, -0.25) is 0 Å². The minimum absolute atomic E-state index is 0.120. The van der Waals surface area contributed by atoms with Gasteiger partial charge in [0, 0.05) is 18.3 Å². The van der Waals surface area contributed by atoms with Gasteiger partial charge in [0.15, 0.2) is 0 Å². The minimum atomic E-state index is 0.120. The van der Waals surface area contributed by atoms with Crippen molar-refractivity contribution in [3.8, 4) is 0 Å². The summed E-state index contributed by atoms with van der Waals surface area (Å²) < 4.78 is 2.36. The molecular formula is C16H29N3. The summed E-state index contributed by atoms with van der Waals surface area (Å²) >= 11 is 0. The van der Waals surface area contributed by atoms with E-state index in [-0.39, 0.29) is 6.04 Å². The second-order valence-corrected chi connectivity index (χ2v) is 7.03. The van der Waals surface area contributed by atoms with Gasteiger partial charge in [-0.2, -0.15) is 0 Å². The van der Waals surface area contributed by atoms with Crippen molar-refractivity contribution in [3.05, 3.63) is 18.2 Å². The Morgan fingerprint density at radius 3 is 2.47 bits per heavy atom. The molecule has 19 heavy (non-hydrogen) atoms. The first-order chi connectivity index (χ1) is 8.97. The molecule has 0 aliphatic heterocycles. The molecule has 2 N–H and O–H groups in total. The zero-order valence-corrected chi connectivity index (χ0v) is 12.8. The summed E-state index contributed by atoms with van der Waals surface area (Å²) in [7, 11) is 0. The standard InChI is InChI=1S/C16H29N3/c1-11(2)5-15(17)16-9-18-10-19(16)14-7-12(3)6-13(4)8-14/h9-15H,5-8,17H2,1-4H3. The summed E-state index contributed by atoms with van der Waals surface area (Å²) in [6.07, 6.45) is 8.88. The number of nitrogens with zero attached hydrogens (tertiary/aromatic N) is 2. The quantitative estimate of drug-likeness (QED) is 0.894. The van der Waals surface area contributed by atoms with Crippen molar-refractivity contribution >= 4 is 0 Å². The Hall–Kier alpha value is -0.830. The Morgan fingerprint density at radius 1 is 1.26 bits per heavy atom. The summed E-state index contributed by atoms with van der Waals surface area (Å²) in [6.45, 7) is 9.19. The van der Waals surface area contributed by atoms with Crippen LogP contribution < -0.4 is 5.73 Å². The van der Waals surface area contributed by atoms with Gasteiger partial charge < -0.3 is 10.3 Å². The third-order valence-corrected chi connectivity index (χ3v) is 4.35. The second kappa shape index (κ2) is 6.08. The number of hydrogen-bond acceptors (Lipinski definition) is 2. The van der Waals surface area contributed by atoms with E-state index in [4.69, 9.17) is 5.73 Å². The SMILES string of the molecule is CC(C)CC(N)c1cncn1C1CC(C)CC(C)C1. The Kier molecular flexibility index (Phi) is 4.67. The third kappa shape index (κ3) is 3.59. The predicted octanol–water partition coefficient (Wildman–Crippen LogP) is 3.93. The molecule has 0 aromatic carbocycles.